The molecule has 0 radical (unpaired) electrons. The van der Waals surface area contributed by atoms with Gasteiger partial charge in [0.25, 0.3) is 0 Å². The molecule has 0 saturated carbocycles. The van der Waals surface area contributed by atoms with E-state index >= 15 is 0 Å². The molecule has 0 unspecified atom stereocenters. The summed E-state index contributed by atoms with van der Waals surface area (Å²) in [6.07, 6.45) is 2.93. The minimum absolute atomic E-state index is 0.186. The number of hydrogen-bond acceptors (Lipinski definition) is 2. The summed E-state index contributed by atoms with van der Waals surface area (Å²) in [5, 5.41) is 0.909. The minimum atomic E-state index is -0.186. The van der Waals surface area contributed by atoms with Crippen LogP contribution in [-0.4, -0.2) is 37.2 Å². The number of halogens is 1. The third-order valence-electron chi connectivity index (χ3n) is 3.40. The van der Waals surface area contributed by atoms with Crippen molar-refractivity contribution < 1.29 is 9.13 Å². The molecular weight excluding hydrogens is 243 g/mol. The smallest absolute Gasteiger partial charge is 0.147 e. The van der Waals surface area contributed by atoms with E-state index in [1.54, 1.807) is 13.2 Å². The molecule has 0 fully saturated rings. The van der Waals surface area contributed by atoms with Crippen LogP contribution in [0.3, 0.4) is 0 Å². The maximum atomic E-state index is 14.1. The van der Waals surface area contributed by atoms with Gasteiger partial charge in [-0.15, -0.1) is 0 Å². The van der Waals surface area contributed by atoms with Gasteiger partial charge >= 0.3 is 0 Å². The summed E-state index contributed by atoms with van der Waals surface area (Å²) in [7, 11) is 5.71. The second kappa shape index (κ2) is 5.61. The number of fused-ring (bicyclic) bond motifs is 1. The number of ether oxygens (including phenoxy) is 1. The van der Waals surface area contributed by atoms with Crippen LogP contribution in [0.4, 0.5) is 4.39 Å². The van der Waals surface area contributed by atoms with E-state index in [-0.39, 0.29) is 5.82 Å². The maximum Gasteiger partial charge on any atom is 0.147 e. The summed E-state index contributed by atoms with van der Waals surface area (Å²) in [6.45, 7) is 3.71. The topological polar surface area (TPSA) is 17.4 Å². The molecule has 1 heterocycles. The van der Waals surface area contributed by atoms with Crippen LogP contribution in [-0.2, 0) is 13.0 Å². The fourth-order valence-electron chi connectivity index (χ4n) is 2.41. The fraction of sp³-hybridized carbons (Fsp3) is 0.467. The third kappa shape index (κ3) is 2.59. The molecule has 0 aliphatic carbocycles. The van der Waals surface area contributed by atoms with Gasteiger partial charge in [0.1, 0.15) is 11.6 Å². The van der Waals surface area contributed by atoms with E-state index in [0.29, 0.717) is 5.52 Å². The quantitative estimate of drug-likeness (QED) is 0.826. The Kier molecular flexibility index (Phi) is 4.10. The Hall–Kier alpha value is -1.55. The molecule has 2 aromatic rings. The van der Waals surface area contributed by atoms with Crippen LogP contribution in [0.1, 0.15) is 12.5 Å². The predicted octanol–water partition coefficient (Wildman–Crippen LogP) is 2.91. The highest BCUT2D eigenvalue weighted by molar-refractivity contribution is 5.90. The number of likely N-dealkylation sites (N-methyl/N-ethyl adjacent to an activating group) is 1. The van der Waals surface area contributed by atoms with Gasteiger partial charge < -0.3 is 14.2 Å². The number of benzene rings is 1. The minimum Gasteiger partial charge on any atom is -0.496 e. The first-order valence-electron chi connectivity index (χ1n) is 6.57. The van der Waals surface area contributed by atoms with E-state index in [0.717, 1.165) is 36.2 Å². The van der Waals surface area contributed by atoms with Crippen LogP contribution >= 0.6 is 0 Å². The van der Waals surface area contributed by atoms with Crippen molar-refractivity contribution in [3.05, 3.63) is 29.7 Å². The van der Waals surface area contributed by atoms with Crippen molar-refractivity contribution in [1.82, 2.24) is 9.47 Å². The molecule has 0 atom stereocenters. The van der Waals surface area contributed by atoms with E-state index in [9.17, 15) is 4.39 Å². The molecule has 0 spiro atoms. The van der Waals surface area contributed by atoms with Crippen LogP contribution < -0.4 is 4.74 Å². The summed E-state index contributed by atoms with van der Waals surface area (Å²) in [4.78, 5) is 2.13. The molecular formula is C15H21FN2O. The number of rotatable bonds is 5. The van der Waals surface area contributed by atoms with Crippen molar-refractivity contribution in [2.75, 3.05) is 27.7 Å². The normalized spacial score (nSPS) is 11.5. The van der Waals surface area contributed by atoms with E-state index in [1.807, 2.05) is 31.8 Å². The Morgan fingerprint density at radius 1 is 1.32 bits per heavy atom. The number of methoxy groups -OCH3 is 1. The summed E-state index contributed by atoms with van der Waals surface area (Å²) < 4.78 is 21.4. The third-order valence-corrected chi connectivity index (χ3v) is 3.40. The van der Waals surface area contributed by atoms with Crippen molar-refractivity contribution in [2.45, 2.75) is 19.9 Å². The van der Waals surface area contributed by atoms with Crippen molar-refractivity contribution in [2.24, 2.45) is 0 Å². The van der Waals surface area contributed by atoms with Gasteiger partial charge in [0.05, 0.1) is 12.6 Å². The number of aromatic nitrogens is 1. The SMILES string of the molecule is CCn1cc(CCN(C)C)c2c(OC)ccc(F)c21. The molecule has 0 amide bonds. The molecule has 0 bridgehead atoms. The lowest BCUT2D eigenvalue weighted by Crippen LogP contribution is -2.14. The molecule has 4 heteroatoms. The van der Waals surface area contributed by atoms with Gasteiger partial charge in [-0.2, -0.15) is 0 Å². The first kappa shape index (κ1) is 13.9. The molecule has 19 heavy (non-hydrogen) atoms. The molecule has 104 valence electrons. The van der Waals surface area contributed by atoms with E-state index in [1.165, 1.54) is 6.07 Å². The lowest BCUT2D eigenvalue weighted by Gasteiger charge is -2.09. The molecule has 2 rings (SSSR count). The van der Waals surface area contributed by atoms with E-state index in [4.69, 9.17) is 4.74 Å². The van der Waals surface area contributed by atoms with Gasteiger partial charge in [-0.25, -0.2) is 4.39 Å². The van der Waals surface area contributed by atoms with E-state index in [2.05, 4.69) is 4.90 Å². The van der Waals surface area contributed by atoms with Gasteiger partial charge in [0.15, 0.2) is 0 Å². The zero-order valence-corrected chi connectivity index (χ0v) is 12.0. The zero-order chi connectivity index (χ0) is 14.0. The lowest BCUT2D eigenvalue weighted by atomic mass is 10.1. The van der Waals surface area contributed by atoms with Gasteiger partial charge in [0, 0.05) is 24.7 Å². The summed E-state index contributed by atoms with van der Waals surface area (Å²) >= 11 is 0. The van der Waals surface area contributed by atoms with Crippen LogP contribution in [0, 0.1) is 5.82 Å². The molecule has 3 nitrogen and oxygen atoms in total. The lowest BCUT2D eigenvalue weighted by molar-refractivity contribution is 0.411. The average molecular weight is 264 g/mol. The Labute approximate surface area is 113 Å². The second-order valence-corrected chi connectivity index (χ2v) is 4.97. The predicted molar refractivity (Wildman–Crippen MR) is 76.4 cm³/mol. The molecule has 0 aliphatic heterocycles. The Morgan fingerprint density at radius 3 is 2.63 bits per heavy atom. The van der Waals surface area contributed by atoms with Crippen LogP contribution in [0.5, 0.6) is 5.75 Å². The summed E-state index contributed by atoms with van der Waals surface area (Å²) in [5.74, 6) is 0.561. The standard InChI is InChI=1S/C15H21FN2O/c1-5-18-10-11(8-9-17(2)3)14-13(19-4)7-6-12(16)15(14)18/h6-7,10H,5,8-9H2,1-4H3. The molecule has 1 aromatic carbocycles. The first-order chi connectivity index (χ1) is 9.08. The second-order valence-electron chi connectivity index (χ2n) is 4.97. The zero-order valence-electron chi connectivity index (χ0n) is 12.0. The number of nitrogens with zero attached hydrogens (tertiary/aromatic N) is 2. The van der Waals surface area contributed by atoms with Crippen LogP contribution in [0.15, 0.2) is 18.3 Å². The Morgan fingerprint density at radius 2 is 2.05 bits per heavy atom. The first-order valence-corrected chi connectivity index (χ1v) is 6.57. The highest BCUT2D eigenvalue weighted by Crippen LogP contribution is 2.33. The molecule has 0 N–H and O–H groups in total. The largest absolute Gasteiger partial charge is 0.496 e. The van der Waals surface area contributed by atoms with Gasteiger partial charge in [-0.05, 0) is 45.1 Å². The van der Waals surface area contributed by atoms with E-state index < -0.39 is 0 Å². The van der Waals surface area contributed by atoms with Crippen molar-refractivity contribution in [3.63, 3.8) is 0 Å². The van der Waals surface area contributed by atoms with Crippen molar-refractivity contribution in [3.8, 4) is 5.75 Å². The Bertz CT molecular complexity index is 575. The van der Waals surface area contributed by atoms with Gasteiger partial charge in [-0.3, -0.25) is 0 Å². The summed E-state index contributed by atoms with van der Waals surface area (Å²) in [6, 6.07) is 3.18. The average Bonchev–Trinajstić information content (AvgIpc) is 2.77. The van der Waals surface area contributed by atoms with Crippen LogP contribution in [0.2, 0.25) is 0 Å². The van der Waals surface area contributed by atoms with Gasteiger partial charge in [0.2, 0.25) is 0 Å². The molecule has 0 saturated heterocycles. The Balaban J connectivity index is 2.59. The number of aryl methyl sites for hydroxylation is 1. The fourth-order valence-corrected chi connectivity index (χ4v) is 2.41. The monoisotopic (exact) mass is 264 g/mol. The van der Waals surface area contributed by atoms with Gasteiger partial charge in [-0.1, -0.05) is 0 Å². The number of hydrogen-bond donors (Lipinski definition) is 0. The highest BCUT2D eigenvalue weighted by Gasteiger charge is 2.16. The van der Waals surface area contributed by atoms with Crippen molar-refractivity contribution in [1.29, 1.82) is 0 Å². The maximum absolute atomic E-state index is 14.1. The van der Waals surface area contributed by atoms with Crippen molar-refractivity contribution >= 4 is 10.9 Å². The van der Waals surface area contributed by atoms with Crippen LogP contribution in [0.25, 0.3) is 10.9 Å². The highest BCUT2D eigenvalue weighted by atomic mass is 19.1. The molecule has 1 aromatic heterocycles. The summed E-state index contributed by atoms with van der Waals surface area (Å²) in [5.41, 5.74) is 1.79. The molecule has 0 aliphatic rings.